The van der Waals surface area contributed by atoms with Crippen LogP contribution in [0.5, 0.6) is 0 Å². The highest BCUT2D eigenvalue weighted by Crippen LogP contribution is 2.14. The number of carbonyl (C=O) groups is 1. The highest BCUT2D eigenvalue weighted by molar-refractivity contribution is 5.81. The molecule has 0 aliphatic rings. The molecule has 0 rings (SSSR count). The van der Waals surface area contributed by atoms with Gasteiger partial charge in [0.1, 0.15) is 6.29 Å². The van der Waals surface area contributed by atoms with Crippen molar-refractivity contribution in [3.8, 4) is 0 Å². The van der Waals surface area contributed by atoms with Crippen LogP contribution in [-0.2, 0) is 4.79 Å². The third-order valence-electron chi connectivity index (χ3n) is 4.16. The molecule has 0 aromatic rings. The predicted octanol–water partition coefficient (Wildman–Crippen LogP) is 3.13. The summed E-state index contributed by atoms with van der Waals surface area (Å²) >= 11 is 0. The van der Waals surface area contributed by atoms with Gasteiger partial charge in [0.05, 0.1) is 12.8 Å². The van der Waals surface area contributed by atoms with E-state index < -0.39 is 13.0 Å². The van der Waals surface area contributed by atoms with E-state index in [-0.39, 0.29) is 6.04 Å². The molecule has 0 radical (unpaired) electrons. The lowest BCUT2D eigenvalue weighted by Crippen LogP contribution is -2.33. The van der Waals surface area contributed by atoms with Crippen LogP contribution in [0.1, 0.15) is 20.8 Å². The molecule has 0 bridgehead atoms. The van der Waals surface area contributed by atoms with Crippen LogP contribution in [0.3, 0.4) is 0 Å². The van der Waals surface area contributed by atoms with E-state index in [1.165, 1.54) is 6.21 Å². The normalized spacial score (nSPS) is 15.6. The summed E-state index contributed by atoms with van der Waals surface area (Å²) in [6.45, 7) is 5.39. The van der Waals surface area contributed by atoms with Gasteiger partial charge in [-0.25, -0.2) is 14.2 Å². The third kappa shape index (κ3) is 10.1. The Balaban J connectivity index is 5.47. The van der Waals surface area contributed by atoms with Crippen LogP contribution >= 0.6 is 0 Å². The van der Waals surface area contributed by atoms with Crippen LogP contribution in [0, 0.1) is 0 Å². The van der Waals surface area contributed by atoms with Gasteiger partial charge in [0.2, 0.25) is 0 Å². The second-order valence-corrected chi connectivity index (χ2v) is 6.50. The lowest BCUT2D eigenvalue weighted by atomic mass is 10.0. The van der Waals surface area contributed by atoms with Gasteiger partial charge in [0, 0.05) is 44.7 Å². The first-order valence-electron chi connectivity index (χ1n) is 8.90. The van der Waals surface area contributed by atoms with Gasteiger partial charge in [0.15, 0.2) is 0 Å². The van der Waals surface area contributed by atoms with Gasteiger partial charge < -0.3 is 10.1 Å². The summed E-state index contributed by atoms with van der Waals surface area (Å²) in [5.74, 6) is 0. The maximum atomic E-state index is 12.4. The van der Waals surface area contributed by atoms with E-state index in [0.29, 0.717) is 23.3 Å². The molecule has 1 unspecified atom stereocenters. The quantitative estimate of drug-likeness (QED) is 0.132. The smallest absolute Gasteiger partial charge is 0.257 e. The number of aliphatic imine (C=N–C) groups is 1. The number of alkyl halides is 2. The molecule has 158 valence electrons. The molecular formula is C20H32F2N4O2. The summed E-state index contributed by atoms with van der Waals surface area (Å²) in [6, 6.07) is -0.178. The van der Waals surface area contributed by atoms with Gasteiger partial charge in [-0.15, -0.1) is 0 Å². The molecule has 0 saturated carbocycles. The summed E-state index contributed by atoms with van der Waals surface area (Å²) in [5, 5.41) is 10.9. The van der Waals surface area contributed by atoms with Crippen molar-refractivity contribution in [1.29, 1.82) is 0 Å². The van der Waals surface area contributed by atoms with E-state index >= 15 is 0 Å². The number of rotatable bonds is 12. The summed E-state index contributed by atoms with van der Waals surface area (Å²) < 4.78 is 24.8. The topological polar surface area (TPSA) is 68.2 Å². The highest BCUT2D eigenvalue weighted by Gasteiger charge is 2.15. The molecule has 0 saturated heterocycles. The van der Waals surface area contributed by atoms with Gasteiger partial charge in [-0.1, -0.05) is 0 Å². The van der Waals surface area contributed by atoms with Crippen LogP contribution in [0.4, 0.5) is 8.78 Å². The van der Waals surface area contributed by atoms with Crippen molar-refractivity contribution in [2.24, 2.45) is 4.99 Å². The fraction of sp³-hybridized carbons (Fsp3) is 0.500. The molecule has 8 heteroatoms. The number of hydrogen-bond donors (Lipinski definition) is 2. The Morgan fingerprint density at radius 3 is 2.43 bits per heavy atom. The number of nitrogens with zero attached hydrogens (tertiary/aromatic N) is 3. The number of allylic oxidation sites excluding steroid dienone is 4. The van der Waals surface area contributed by atoms with Crippen molar-refractivity contribution in [1.82, 2.24) is 15.3 Å². The first-order chi connectivity index (χ1) is 13.2. The van der Waals surface area contributed by atoms with Gasteiger partial charge in [-0.05, 0) is 56.7 Å². The van der Waals surface area contributed by atoms with E-state index in [1.807, 2.05) is 32.8 Å². The summed E-state index contributed by atoms with van der Waals surface area (Å²) in [6.07, 6.45) is 5.80. The van der Waals surface area contributed by atoms with Crippen molar-refractivity contribution in [3.05, 3.63) is 46.9 Å². The summed E-state index contributed by atoms with van der Waals surface area (Å²) in [5.41, 5.74) is 5.59. The van der Waals surface area contributed by atoms with Crippen LogP contribution in [0.2, 0.25) is 0 Å². The fourth-order valence-electron chi connectivity index (χ4n) is 2.21. The van der Waals surface area contributed by atoms with Crippen LogP contribution in [0.25, 0.3) is 0 Å². The first-order valence-corrected chi connectivity index (χ1v) is 8.90. The third-order valence-corrected chi connectivity index (χ3v) is 4.16. The Hall–Kier alpha value is -2.32. The average molecular weight is 398 g/mol. The number of halogens is 2. The van der Waals surface area contributed by atoms with Gasteiger partial charge in [-0.3, -0.25) is 14.7 Å². The number of aliphatic hydroxyl groups is 1. The van der Waals surface area contributed by atoms with Crippen molar-refractivity contribution in [2.75, 3.05) is 34.2 Å². The predicted molar refractivity (Wildman–Crippen MR) is 111 cm³/mol. The number of aliphatic hydroxyl groups excluding tert-OH is 1. The lowest BCUT2D eigenvalue weighted by molar-refractivity contribution is -0.104. The largest absolute Gasteiger partial charge is 0.515 e. The summed E-state index contributed by atoms with van der Waals surface area (Å²) in [7, 11) is 5.45. The van der Waals surface area contributed by atoms with Gasteiger partial charge >= 0.3 is 0 Å². The second-order valence-electron chi connectivity index (χ2n) is 6.50. The minimum absolute atomic E-state index is 0.178. The molecular weight excluding hydrogens is 366 g/mol. The van der Waals surface area contributed by atoms with E-state index in [9.17, 15) is 13.6 Å². The molecule has 1 atom stereocenters. The molecule has 0 aliphatic heterocycles. The maximum absolute atomic E-state index is 12.4. The van der Waals surface area contributed by atoms with Gasteiger partial charge in [-0.2, -0.15) is 0 Å². The zero-order valence-corrected chi connectivity index (χ0v) is 17.5. The zero-order valence-electron chi connectivity index (χ0n) is 17.5. The number of nitrogens with one attached hydrogen (secondary N) is 1. The first kappa shape index (κ1) is 25.7. The molecule has 0 aliphatic carbocycles. The van der Waals surface area contributed by atoms with Crippen LogP contribution in [0.15, 0.2) is 51.9 Å². The Morgan fingerprint density at radius 2 is 1.93 bits per heavy atom. The number of likely N-dealkylation sites (N-methyl/N-ethyl adjacent to an activating group) is 1. The molecule has 0 aromatic carbocycles. The van der Waals surface area contributed by atoms with E-state index in [0.717, 1.165) is 18.1 Å². The minimum Gasteiger partial charge on any atom is -0.515 e. The Labute approximate surface area is 166 Å². The molecule has 28 heavy (non-hydrogen) atoms. The number of hydrogen-bond acceptors (Lipinski definition) is 6. The van der Waals surface area contributed by atoms with E-state index in [4.69, 9.17) is 5.11 Å². The number of aldehydes is 1. The van der Waals surface area contributed by atoms with Crippen molar-refractivity contribution >= 4 is 12.5 Å². The SMILES string of the molecule is CNN(C)/C=C\C(C=O)=C(/C)CN(C)C(C)C(/C=N\CC(F)F)=C/C(C)=C/O. The van der Waals surface area contributed by atoms with Crippen LogP contribution in [-0.4, -0.2) is 74.2 Å². The standard InChI is InChI=1S/C20H32F2N4O2/c1-15(13-27)9-19(10-24-11-20(21)22)17(3)25(5)12-16(2)18(14-28)7-8-26(6)23-4/h7-10,13-14,17,20,23,27H,11-12H2,1-6H3/b8-7-,15-13+,18-16-,19-9+,24-10-. The Morgan fingerprint density at radius 1 is 1.29 bits per heavy atom. The monoisotopic (exact) mass is 398 g/mol. The second kappa shape index (κ2) is 13.8. The molecule has 0 spiro atoms. The van der Waals surface area contributed by atoms with E-state index in [2.05, 4.69) is 10.4 Å². The van der Waals surface area contributed by atoms with E-state index in [1.54, 1.807) is 37.3 Å². The molecule has 0 aromatic heterocycles. The molecule has 0 fully saturated rings. The van der Waals surface area contributed by atoms with Crippen molar-refractivity contribution in [3.63, 3.8) is 0 Å². The van der Waals surface area contributed by atoms with Crippen molar-refractivity contribution < 1.29 is 18.7 Å². The highest BCUT2D eigenvalue weighted by atomic mass is 19.3. The molecule has 0 heterocycles. The number of carbonyl (C=O) groups excluding carboxylic acids is 1. The molecule has 0 amide bonds. The molecule has 6 nitrogen and oxygen atoms in total. The molecule has 2 N–H and O–H groups in total. The fourth-order valence-corrected chi connectivity index (χ4v) is 2.21. The van der Waals surface area contributed by atoms with Gasteiger partial charge in [0.25, 0.3) is 6.43 Å². The zero-order chi connectivity index (χ0) is 21.7. The summed E-state index contributed by atoms with van der Waals surface area (Å²) in [4.78, 5) is 17.2. The number of hydrazine groups is 1. The lowest BCUT2D eigenvalue weighted by Gasteiger charge is -2.26. The van der Waals surface area contributed by atoms with Crippen LogP contribution < -0.4 is 5.43 Å². The Bertz CT molecular complexity index is 640. The average Bonchev–Trinajstić information content (AvgIpc) is 2.66. The van der Waals surface area contributed by atoms with Crippen molar-refractivity contribution in [2.45, 2.75) is 33.2 Å². The maximum Gasteiger partial charge on any atom is 0.257 e. The Kier molecular flexibility index (Phi) is 12.6. The minimum atomic E-state index is -2.51.